The Morgan fingerprint density at radius 1 is 1.20 bits per heavy atom. The average molecular weight is 341 g/mol. The highest BCUT2D eigenvalue weighted by Gasteiger charge is 2.29. The predicted molar refractivity (Wildman–Crippen MR) is 93.3 cm³/mol. The molecule has 0 bridgehead atoms. The number of carbonyl (C=O) groups is 1. The van der Waals surface area contributed by atoms with Gasteiger partial charge in [-0.15, -0.1) is 0 Å². The Bertz CT molecular complexity index is 774. The molecule has 2 fully saturated rings. The Morgan fingerprint density at radius 2 is 2.08 bits per heavy atom. The van der Waals surface area contributed by atoms with Crippen molar-refractivity contribution in [2.75, 3.05) is 38.1 Å². The van der Waals surface area contributed by atoms with Gasteiger partial charge in [0.25, 0.3) is 0 Å². The van der Waals surface area contributed by atoms with Gasteiger partial charge in [-0.05, 0) is 13.3 Å². The minimum atomic E-state index is 0.0469. The summed E-state index contributed by atoms with van der Waals surface area (Å²) >= 11 is 0. The molecule has 2 aromatic rings. The Hall–Kier alpha value is -2.48. The molecular formula is C17H23N7O. The second-order valence-electron chi connectivity index (χ2n) is 6.86. The molecule has 1 unspecified atom stereocenters. The summed E-state index contributed by atoms with van der Waals surface area (Å²) in [6.07, 6.45) is 8.46. The van der Waals surface area contributed by atoms with Crippen LogP contribution < -0.4 is 4.90 Å². The number of aromatic nitrogens is 4. The topological polar surface area (TPSA) is 70.4 Å². The minimum Gasteiger partial charge on any atom is -0.326 e. The van der Waals surface area contributed by atoms with E-state index < -0.39 is 0 Å². The maximum absolute atomic E-state index is 12.1. The number of likely N-dealkylation sites (N-methyl/N-ethyl adjacent to an activating group) is 1. The van der Waals surface area contributed by atoms with E-state index in [-0.39, 0.29) is 6.03 Å². The second kappa shape index (κ2) is 6.44. The van der Waals surface area contributed by atoms with Crippen molar-refractivity contribution in [2.45, 2.75) is 25.9 Å². The van der Waals surface area contributed by atoms with Crippen LogP contribution in [0, 0.1) is 6.92 Å². The number of carbonyl (C=O) groups excluding carboxylic acids is 1. The van der Waals surface area contributed by atoms with Gasteiger partial charge >= 0.3 is 6.03 Å². The van der Waals surface area contributed by atoms with E-state index in [2.05, 4.69) is 20.0 Å². The maximum atomic E-state index is 12.1. The molecule has 2 aliphatic rings. The van der Waals surface area contributed by atoms with E-state index >= 15 is 0 Å². The van der Waals surface area contributed by atoms with Crippen molar-refractivity contribution in [3.05, 3.63) is 36.2 Å². The molecule has 0 saturated carbocycles. The van der Waals surface area contributed by atoms with E-state index in [0.717, 1.165) is 56.2 Å². The van der Waals surface area contributed by atoms with Crippen LogP contribution in [0.15, 0.2) is 24.8 Å². The highest BCUT2D eigenvalue weighted by Crippen LogP contribution is 2.25. The number of nitrogens with zero attached hydrogens (tertiary/aromatic N) is 7. The van der Waals surface area contributed by atoms with Gasteiger partial charge < -0.3 is 4.90 Å². The number of rotatable bonds is 4. The highest BCUT2D eigenvalue weighted by molar-refractivity contribution is 5.93. The van der Waals surface area contributed by atoms with Crippen molar-refractivity contribution in [1.29, 1.82) is 0 Å². The smallest absolute Gasteiger partial charge is 0.324 e. The molecule has 8 heteroatoms. The van der Waals surface area contributed by atoms with Crippen LogP contribution in [0.25, 0.3) is 0 Å². The number of aryl methyl sites for hydroxylation is 1. The Balaban J connectivity index is 1.40. The lowest BCUT2D eigenvalue weighted by Crippen LogP contribution is -2.28. The summed E-state index contributed by atoms with van der Waals surface area (Å²) < 4.78 is 2.00. The number of amides is 2. The molecule has 0 aromatic carbocycles. The van der Waals surface area contributed by atoms with E-state index in [1.807, 2.05) is 31.0 Å². The molecular weight excluding hydrogens is 318 g/mol. The van der Waals surface area contributed by atoms with Crippen molar-refractivity contribution >= 4 is 11.7 Å². The first-order valence-corrected chi connectivity index (χ1v) is 8.67. The molecule has 0 spiro atoms. The predicted octanol–water partition coefficient (Wildman–Crippen LogP) is 1.30. The SMILES string of the molecule is Cc1cncc(CN2CCC(n3cc(N4CCN(C)C4=O)cn3)C2)n1. The van der Waals surface area contributed by atoms with Gasteiger partial charge in [-0.25, -0.2) is 4.79 Å². The molecule has 0 aliphatic carbocycles. The quantitative estimate of drug-likeness (QED) is 0.838. The maximum Gasteiger partial charge on any atom is 0.324 e. The third-order valence-electron chi connectivity index (χ3n) is 4.93. The van der Waals surface area contributed by atoms with Crippen molar-refractivity contribution in [2.24, 2.45) is 0 Å². The molecule has 1 atom stereocenters. The minimum absolute atomic E-state index is 0.0469. The third-order valence-corrected chi connectivity index (χ3v) is 4.93. The van der Waals surface area contributed by atoms with Crippen molar-refractivity contribution in [3.63, 3.8) is 0 Å². The van der Waals surface area contributed by atoms with E-state index in [1.54, 1.807) is 22.2 Å². The van der Waals surface area contributed by atoms with Crippen LogP contribution in [0.4, 0.5) is 10.5 Å². The second-order valence-corrected chi connectivity index (χ2v) is 6.86. The lowest BCUT2D eigenvalue weighted by molar-refractivity contribution is 0.229. The van der Waals surface area contributed by atoms with Crippen molar-refractivity contribution < 1.29 is 4.79 Å². The fraction of sp³-hybridized carbons (Fsp3) is 0.529. The fourth-order valence-electron chi connectivity index (χ4n) is 3.55. The van der Waals surface area contributed by atoms with Crippen molar-refractivity contribution in [3.8, 4) is 0 Å². The Labute approximate surface area is 147 Å². The number of likely N-dealkylation sites (tertiary alicyclic amines) is 1. The first-order valence-electron chi connectivity index (χ1n) is 8.67. The van der Waals surface area contributed by atoms with Crippen LogP contribution in [0.2, 0.25) is 0 Å². The first kappa shape index (κ1) is 16.0. The van der Waals surface area contributed by atoms with Gasteiger partial charge in [0, 0.05) is 58.4 Å². The summed E-state index contributed by atoms with van der Waals surface area (Å²) in [5, 5.41) is 4.51. The largest absolute Gasteiger partial charge is 0.326 e. The van der Waals surface area contributed by atoms with Crippen LogP contribution in [0.1, 0.15) is 23.9 Å². The molecule has 2 saturated heterocycles. The standard InChI is InChI=1S/C17H23N7O/c1-13-7-18-8-14(20-13)10-22-4-3-15(11-22)24-12-16(9-19-24)23-6-5-21(2)17(23)25/h7-9,12,15H,3-6,10-11H2,1-2H3. The van der Waals surface area contributed by atoms with Crippen LogP contribution >= 0.6 is 0 Å². The summed E-state index contributed by atoms with van der Waals surface area (Å²) in [6.45, 7) is 6.22. The summed E-state index contributed by atoms with van der Waals surface area (Å²) in [7, 11) is 1.83. The number of hydrogen-bond donors (Lipinski definition) is 0. The van der Waals surface area contributed by atoms with Gasteiger partial charge in [0.2, 0.25) is 0 Å². The zero-order valence-corrected chi connectivity index (χ0v) is 14.7. The summed E-state index contributed by atoms with van der Waals surface area (Å²) in [5.41, 5.74) is 2.84. The molecule has 0 N–H and O–H groups in total. The average Bonchev–Trinajstić information content (AvgIpc) is 3.29. The van der Waals surface area contributed by atoms with E-state index in [9.17, 15) is 4.79 Å². The fourth-order valence-corrected chi connectivity index (χ4v) is 3.55. The van der Waals surface area contributed by atoms with Crippen LogP contribution in [-0.4, -0.2) is 68.8 Å². The normalized spacial score (nSPS) is 21.5. The molecule has 4 rings (SSSR count). The molecule has 8 nitrogen and oxygen atoms in total. The van der Waals surface area contributed by atoms with Gasteiger partial charge in [0.1, 0.15) is 0 Å². The molecule has 2 aliphatic heterocycles. The van der Waals surface area contributed by atoms with Crippen LogP contribution in [-0.2, 0) is 6.54 Å². The van der Waals surface area contributed by atoms with Gasteiger partial charge in [-0.3, -0.25) is 24.4 Å². The van der Waals surface area contributed by atoms with Gasteiger partial charge in [0.15, 0.2) is 0 Å². The molecule has 2 amide bonds. The van der Waals surface area contributed by atoms with E-state index in [1.165, 1.54) is 0 Å². The summed E-state index contributed by atoms with van der Waals surface area (Å²) in [5.74, 6) is 0. The summed E-state index contributed by atoms with van der Waals surface area (Å²) in [6, 6.07) is 0.382. The van der Waals surface area contributed by atoms with Gasteiger partial charge in [0.05, 0.1) is 29.3 Å². The highest BCUT2D eigenvalue weighted by atomic mass is 16.2. The van der Waals surface area contributed by atoms with Crippen LogP contribution in [0.3, 0.4) is 0 Å². The van der Waals surface area contributed by atoms with Gasteiger partial charge in [-0.2, -0.15) is 5.10 Å². The zero-order chi connectivity index (χ0) is 17.4. The van der Waals surface area contributed by atoms with E-state index in [4.69, 9.17) is 0 Å². The number of urea groups is 1. The first-order chi connectivity index (χ1) is 12.1. The van der Waals surface area contributed by atoms with Crippen molar-refractivity contribution in [1.82, 2.24) is 29.5 Å². The number of anilines is 1. The molecule has 4 heterocycles. The Kier molecular flexibility index (Phi) is 4.12. The third kappa shape index (κ3) is 3.21. The zero-order valence-electron chi connectivity index (χ0n) is 14.7. The molecule has 25 heavy (non-hydrogen) atoms. The lowest BCUT2D eigenvalue weighted by Gasteiger charge is -2.16. The molecule has 2 aromatic heterocycles. The van der Waals surface area contributed by atoms with Gasteiger partial charge in [-0.1, -0.05) is 0 Å². The monoisotopic (exact) mass is 341 g/mol. The molecule has 132 valence electrons. The number of hydrogen-bond acceptors (Lipinski definition) is 5. The van der Waals surface area contributed by atoms with E-state index in [0.29, 0.717) is 6.04 Å². The lowest BCUT2D eigenvalue weighted by atomic mass is 10.3. The Morgan fingerprint density at radius 3 is 2.84 bits per heavy atom. The van der Waals surface area contributed by atoms with Crippen LogP contribution in [0.5, 0.6) is 0 Å². The summed E-state index contributed by atoms with van der Waals surface area (Å²) in [4.78, 5) is 26.8. The molecule has 0 radical (unpaired) electrons.